The number of halogens is 3. The van der Waals surface area contributed by atoms with E-state index in [0.717, 1.165) is 17.7 Å². The van der Waals surface area contributed by atoms with E-state index in [0.29, 0.717) is 5.56 Å². The van der Waals surface area contributed by atoms with Crippen molar-refractivity contribution in [3.63, 3.8) is 0 Å². The van der Waals surface area contributed by atoms with E-state index in [2.05, 4.69) is 5.32 Å². The molecule has 2 aromatic rings. The molecule has 0 aliphatic carbocycles. The fraction of sp³-hybridized carbons (Fsp3) is 0.222. The third kappa shape index (κ3) is 4.59. The number of rotatable bonds is 5. The first-order valence-corrected chi connectivity index (χ1v) is 7.44. The molecule has 1 amide bonds. The summed E-state index contributed by atoms with van der Waals surface area (Å²) in [5, 5.41) is 11.5. The summed E-state index contributed by atoms with van der Waals surface area (Å²) in [5.41, 5.74) is -0.184. The molecule has 0 bridgehead atoms. The van der Waals surface area contributed by atoms with Gasteiger partial charge in [-0.15, -0.1) is 0 Å². The monoisotopic (exact) mass is 351 g/mol. The van der Waals surface area contributed by atoms with Crippen molar-refractivity contribution in [2.45, 2.75) is 25.6 Å². The van der Waals surface area contributed by atoms with Crippen LogP contribution in [0.5, 0.6) is 0 Å². The normalized spacial score (nSPS) is 12.5. The van der Waals surface area contributed by atoms with E-state index in [1.54, 1.807) is 31.2 Å². The van der Waals surface area contributed by atoms with E-state index in [1.807, 2.05) is 0 Å². The van der Waals surface area contributed by atoms with E-state index < -0.39 is 35.2 Å². The average molecular weight is 351 g/mol. The molecule has 2 aromatic carbocycles. The zero-order chi connectivity index (χ0) is 18.6. The Balaban J connectivity index is 2.25. The molecule has 1 atom stereocenters. The Kier molecular flexibility index (Phi) is 5.46. The molecule has 132 valence electrons. The van der Waals surface area contributed by atoms with Gasteiger partial charge >= 0.3 is 12.1 Å². The Morgan fingerprint density at radius 3 is 2.28 bits per heavy atom. The van der Waals surface area contributed by atoms with Crippen LogP contribution in [0.15, 0.2) is 48.5 Å². The van der Waals surface area contributed by atoms with Gasteiger partial charge in [0.15, 0.2) is 0 Å². The lowest BCUT2D eigenvalue weighted by molar-refractivity contribution is -0.139. The number of carbonyl (C=O) groups excluding carboxylic acids is 1. The number of nitrogens with one attached hydrogen (secondary N) is 1. The molecule has 25 heavy (non-hydrogen) atoms. The van der Waals surface area contributed by atoms with Gasteiger partial charge in [-0.3, -0.25) is 4.79 Å². The standard InChI is InChI=1S/C18H16F3NO3/c1-11-6-2-3-7-12(11)10-15(17(24)25)22-16(23)13-8-4-5-9-14(13)18(19,20)21/h2-9,15H,10H2,1H3,(H,22,23)(H,24,25)/t15-/m1/s1. The number of aliphatic carboxylic acids is 1. The first kappa shape index (κ1) is 18.5. The molecule has 0 unspecified atom stereocenters. The van der Waals surface area contributed by atoms with Crippen molar-refractivity contribution in [2.24, 2.45) is 0 Å². The smallest absolute Gasteiger partial charge is 0.417 e. The van der Waals surface area contributed by atoms with Crippen LogP contribution in [0.3, 0.4) is 0 Å². The van der Waals surface area contributed by atoms with Crippen LogP contribution in [0.2, 0.25) is 0 Å². The second-order valence-electron chi connectivity index (χ2n) is 5.54. The third-order valence-corrected chi connectivity index (χ3v) is 3.77. The highest BCUT2D eigenvalue weighted by molar-refractivity contribution is 5.98. The number of carbonyl (C=O) groups is 2. The van der Waals surface area contributed by atoms with Crippen molar-refractivity contribution in [3.8, 4) is 0 Å². The van der Waals surface area contributed by atoms with Gasteiger partial charge in [0.1, 0.15) is 6.04 Å². The van der Waals surface area contributed by atoms with Crippen LogP contribution in [0.1, 0.15) is 27.0 Å². The third-order valence-electron chi connectivity index (χ3n) is 3.77. The molecule has 7 heteroatoms. The second-order valence-corrected chi connectivity index (χ2v) is 5.54. The molecule has 0 aliphatic rings. The lowest BCUT2D eigenvalue weighted by Gasteiger charge is -2.18. The predicted molar refractivity (Wildman–Crippen MR) is 85.2 cm³/mol. The maximum Gasteiger partial charge on any atom is 0.417 e. The maximum atomic E-state index is 13.0. The Morgan fingerprint density at radius 2 is 1.68 bits per heavy atom. The van der Waals surface area contributed by atoms with Gasteiger partial charge in [-0.25, -0.2) is 4.79 Å². The SMILES string of the molecule is Cc1ccccc1C[C@@H](NC(=O)c1ccccc1C(F)(F)F)C(=O)O. The fourth-order valence-electron chi connectivity index (χ4n) is 2.42. The number of carboxylic acids is 1. The number of hydrogen-bond donors (Lipinski definition) is 2. The second kappa shape index (κ2) is 7.38. The van der Waals surface area contributed by atoms with Crippen LogP contribution >= 0.6 is 0 Å². The molecule has 0 aromatic heterocycles. The van der Waals surface area contributed by atoms with Crippen molar-refractivity contribution >= 4 is 11.9 Å². The minimum absolute atomic E-state index is 0.0259. The highest BCUT2D eigenvalue weighted by Gasteiger charge is 2.35. The molecule has 0 fully saturated rings. The van der Waals surface area contributed by atoms with Crippen LogP contribution in [0.25, 0.3) is 0 Å². The summed E-state index contributed by atoms with van der Waals surface area (Å²) in [6.45, 7) is 1.79. The summed E-state index contributed by atoms with van der Waals surface area (Å²) < 4.78 is 39.0. The first-order chi connectivity index (χ1) is 11.7. The van der Waals surface area contributed by atoms with Gasteiger partial charge in [0.2, 0.25) is 0 Å². The van der Waals surface area contributed by atoms with Crippen LogP contribution in [0.4, 0.5) is 13.2 Å². The molecule has 2 rings (SSSR count). The molecular formula is C18H16F3NO3. The van der Waals surface area contributed by atoms with Crippen LogP contribution < -0.4 is 5.32 Å². The number of hydrogen-bond acceptors (Lipinski definition) is 2. The highest BCUT2D eigenvalue weighted by Crippen LogP contribution is 2.31. The number of carboxylic acid groups (broad SMARTS) is 1. The number of benzene rings is 2. The Morgan fingerprint density at radius 1 is 1.08 bits per heavy atom. The van der Waals surface area contributed by atoms with Crippen LogP contribution in [-0.2, 0) is 17.4 Å². The van der Waals surface area contributed by atoms with E-state index >= 15 is 0 Å². The summed E-state index contributed by atoms with van der Waals surface area (Å²) in [4.78, 5) is 23.7. The van der Waals surface area contributed by atoms with Crippen molar-refractivity contribution in [2.75, 3.05) is 0 Å². The van der Waals surface area contributed by atoms with Crippen LogP contribution in [-0.4, -0.2) is 23.0 Å². The summed E-state index contributed by atoms with van der Waals surface area (Å²) in [6.07, 6.45) is -4.73. The quantitative estimate of drug-likeness (QED) is 0.867. The lowest BCUT2D eigenvalue weighted by atomic mass is 10.0. The summed E-state index contributed by atoms with van der Waals surface area (Å²) in [7, 11) is 0. The van der Waals surface area contributed by atoms with Crippen molar-refractivity contribution < 1.29 is 27.9 Å². The molecular weight excluding hydrogens is 335 g/mol. The maximum absolute atomic E-state index is 13.0. The first-order valence-electron chi connectivity index (χ1n) is 7.44. The molecule has 0 saturated carbocycles. The minimum atomic E-state index is -4.71. The van der Waals surface area contributed by atoms with E-state index in [9.17, 15) is 27.9 Å². The van der Waals surface area contributed by atoms with Gasteiger partial charge in [0.05, 0.1) is 11.1 Å². The van der Waals surface area contributed by atoms with Gasteiger partial charge in [-0.1, -0.05) is 36.4 Å². The predicted octanol–water partition coefficient (Wildman–Crippen LogP) is 3.44. The molecule has 4 nitrogen and oxygen atoms in total. The molecule has 0 spiro atoms. The van der Waals surface area contributed by atoms with Crippen molar-refractivity contribution in [3.05, 3.63) is 70.8 Å². The largest absolute Gasteiger partial charge is 0.480 e. The summed E-state index contributed by atoms with van der Waals surface area (Å²) >= 11 is 0. The number of aryl methyl sites for hydroxylation is 1. The van der Waals surface area contributed by atoms with E-state index in [-0.39, 0.29) is 6.42 Å². The zero-order valence-corrected chi connectivity index (χ0v) is 13.3. The zero-order valence-electron chi connectivity index (χ0n) is 13.3. The van der Waals surface area contributed by atoms with Crippen molar-refractivity contribution in [1.82, 2.24) is 5.32 Å². The summed E-state index contributed by atoms with van der Waals surface area (Å²) in [6, 6.07) is 9.93. The van der Waals surface area contributed by atoms with Gasteiger partial charge in [-0.2, -0.15) is 13.2 Å². The molecule has 0 saturated heterocycles. The minimum Gasteiger partial charge on any atom is -0.480 e. The Hall–Kier alpha value is -2.83. The lowest BCUT2D eigenvalue weighted by Crippen LogP contribution is -2.43. The fourth-order valence-corrected chi connectivity index (χ4v) is 2.42. The van der Waals surface area contributed by atoms with E-state index in [4.69, 9.17) is 0 Å². The number of alkyl halides is 3. The Labute approximate surface area is 142 Å². The van der Waals surface area contributed by atoms with Gasteiger partial charge in [-0.05, 0) is 30.2 Å². The van der Waals surface area contributed by atoms with E-state index in [1.165, 1.54) is 12.1 Å². The van der Waals surface area contributed by atoms with Crippen molar-refractivity contribution in [1.29, 1.82) is 0 Å². The van der Waals surface area contributed by atoms with Gasteiger partial charge in [0, 0.05) is 6.42 Å². The summed E-state index contributed by atoms with van der Waals surface area (Å²) in [5.74, 6) is -2.39. The van der Waals surface area contributed by atoms with Gasteiger partial charge in [0.25, 0.3) is 5.91 Å². The number of amides is 1. The van der Waals surface area contributed by atoms with Gasteiger partial charge < -0.3 is 10.4 Å². The van der Waals surface area contributed by atoms with Crippen LogP contribution in [0, 0.1) is 6.92 Å². The average Bonchev–Trinajstić information content (AvgIpc) is 2.55. The molecule has 0 heterocycles. The molecule has 0 radical (unpaired) electrons. The Bertz CT molecular complexity index is 787. The molecule has 2 N–H and O–H groups in total. The molecule has 0 aliphatic heterocycles. The highest BCUT2D eigenvalue weighted by atomic mass is 19.4. The topological polar surface area (TPSA) is 66.4 Å².